The van der Waals surface area contributed by atoms with Crippen molar-refractivity contribution in [2.45, 2.75) is 46.1 Å². The van der Waals surface area contributed by atoms with Crippen LogP contribution in [0.25, 0.3) is 0 Å². The van der Waals surface area contributed by atoms with Crippen LogP contribution in [0.15, 0.2) is 4.99 Å². The first-order valence-electron chi connectivity index (χ1n) is 5.28. The molecule has 0 bridgehead atoms. The second-order valence-corrected chi connectivity index (χ2v) is 4.81. The fourth-order valence-corrected chi connectivity index (χ4v) is 0.984. The lowest BCUT2D eigenvalue weighted by atomic mass is 10.2. The molecule has 0 saturated heterocycles. The van der Waals surface area contributed by atoms with Gasteiger partial charge in [0.05, 0.1) is 5.92 Å². The largest absolute Gasteiger partial charge is 0.442 e. The van der Waals surface area contributed by atoms with E-state index in [1.165, 1.54) is 6.92 Å². The summed E-state index contributed by atoms with van der Waals surface area (Å²) in [6, 6.07) is 0. The minimum absolute atomic E-state index is 0.0104. The third kappa shape index (κ3) is 4.91. The van der Waals surface area contributed by atoms with Crippen LogP contribution in [0.2, 0.25) is 0 Å². The molecule has 5 heteroatoms. The van der Waals surface area contributed by atoms with Gasteiger partial charge in [-0.1, -0.05) is 0 Å². The van der Waals surface area contributed by atoms with Crippen LogP contribution in [-0.4, -0.2) is 23.6 Å². The van der Waals surface area contributed by atoms with Crippen molar-refractivity contribution in [2.24, 2.45) is 10.9 Å². The molecule has 1 rings (SSSR count). The highest BCUT2D eigenvalue weighted by molar-refractivity contribution is 5.94. The molecule has 0 heterocycles. The van der Waals surface area contributed by atoms with E-state index >= 15 is 0 Å². The molecule has 0 spiro atoms. The summed E-state index contributed by atoms with van der Waals surface area (Å²) in [5.41, 5.74) is -0.596. The number of aliphatic imine (C=N–C) groups is 1. The fraction of sp³-hybridized carbons (Fsp3) is 0.727. The van der Waals surface area contributed by atoms with Crippen molar-refractivity contribution in [3.05, 3.63) is 0 Å². The SMILES string of the molecule is CC(=NC(=O)OC(C)(C)C)OC(=O)C1CC1. The molecule has 16 heavy (non-hydrogen) atoms. The van der Waals surface area contributed by atoms with Gasteiger partial charge in [0.2, 0.25) is 5.90 Å². The molecule has 0 aromatic rings. The minimum atomic E-state index is -0.742. The number of carbonyl (C=O) groups excluding carboxylic acids is 2. The lowest BCUT2D eigenvalue weighted by Gasteiger charge is -2.17. The first-order valence-corrected chi connectivity index (χ1v) is 5.28. The molecule has 0 unspecified atom stereocenters. The predicted octanol–water partition coefficient (Wildman–Crippen LogP) is 2.29. The maximum atomic E-state index is 11.2. The Labute approximate surface area is 94.8 Å². The number of esters is 1. The quantitative estimate of drug-likeness (QED) is 0.391. The second kappa shape index (κ2) is 4.63. The second-order valence-electron chi connectivity index (χ2n) is 4.81. The Hall–Kier alpha value is -1.39. The van der Waals surface area contributed by atoms with E-state index in [9.17, 15) is 9.59 Å². The maximum absolute atomic E-state index is 11.2. The topological polar surface area (TPSA) is 65.0 Å². The van der Waals surface area contributed by atoms with Gasteiger partial charge in [0.1, 0.15) is 5.60 Å². The van der Waals surface area contributed by atoms with Crippen LogP contribution in [0, 0.1) is 5.92 Å². The summed E-state index contributed by atoms with van der Waals surface area (Å²) in [5.74, 6) is -0.292. The number of carbonyl (C=O) groups is 2. The standard InChI is InChI=1S/C11H17NO4/c1-7(15-9(13)8-5-6-8)12-10(14)16-11(2,3)4/h8H,5-6H2,1-4H3. The Kier molecular flexibility index (Phi) is 3.67. The predicted molar refractivity (Wildman–Crippen MR) is 58.2 cm³/mol. The Morgan fingerprint density at radius 1 is 1.25 bits per heavy atom. The van der Waals surface area contributed by atoms with Gasteiger partial charge in [-0.25, -0.2) is 4.79 Å². The molecule has 5 nitrogen and oxygen atoms in total. The summed E-state index contributed by atoms with van der Waals surface area (Å²) in [6.07, 6.45) is 0.977. The van der Waals surface area contributed by atoms with Gasteiger partial charge in [-0.05, 0) is 33.6 Å². The molecule has 0 radical (unpaired) electrons. The third-order valence-electron chi connectivity index (χ3n) is 1.80. The molecule has 1 aliphatic rings. The Balaban J connectivity index is 2.42. The van der Waals surface area contributed by atoms with Crippen molar-refractivity contribution in [1.82, 2.24) is 0 Å². The van der Waals surface area contributed by atoms with Gasteiger partial charge in [-0.2, -0.15) is 0 Å². The van der Waals surface area contributed by atoms with E-state index in [0.29, 0.717) is 0 Å². The summed E-state index contributed by atoms with van der Waals surface area (Å²) in [7, 11) is 0. The van der Waals surface area contributed by atoms with E-state index < -0.39 is 11.7 Å². The highest BCUT2D eigenvalue weighted by Crippen LogP contribution is 2.30. The Bertz CT molecular complexity index is 323. The van der Waals surface area contributed by atoms with Crippen LogP contribution in [0.1, 0.15) is 40.5 Å². The number of ether oxygens (including phenoxy) is 2. The van der Waals surface area contributed by atoms with Crippen LogP contribution in [0.3, 0.4) is 0 Å². The molecule has 0 aromatic carbocycles. The Morgan fingerprint density at radius 2 is 1.81 bits per heavy atom. The molecule has 90 valence electrons. The monoisotopic (exact) mass is 227 g/mol. The van der Waals surface area contributed by atoms with Crippen molar-refractivity contribution in [3.63, 3.8) is 0 Å². The summed E-state index contributed by atoms with van der Waals surface area (Å²) in [4.78, 5) is 26.0. The summed E-state index contributed by atoms with van der Waals surface area (Å²) < 4.78 is 9.82. The number of nitrogens with zero attached hydrogens (tertiary/aromatic N) is 1. The van der Waals surface area contributed by atoms with Crippen molar-refractivity contribution < 1.29 is 19.1 Å². The average Bonchev–Trinajstić information content (AvgIpc) is 2.79. The third-order valence-corrected chi connectivity index (χ3v) is 1.80. The Morgan fingerprint density at radius 3 is 2.25 bits per heavy atom. The zero-order valence-corrected chi connectivity index (χ0v) is 10.1. The van der Waals surface area contributed by atoms with E-state index in [1.807, 2.05) is 0 Å². The van der Waals surface area contributed by atoms with E-state index in [4.69, 9.17) is 9.47 Å². The van der Waals surface area contributed by atoms with Gasteiger partial charge >= 0.3 is 12.1 Å². The molecular weight excluding hydrogens is 210 g/mol. The van der Waals surface area contributed by atoms with Crippen LogP contribution >= 0.6 is 0 Å². The van der Waals surface area contributed by atoms with Crippen LogP contribution < -0.4 is 0 Å². The van der Waals surface area contributed by atoms with E-state index in [-0.39, 0.29) is 17.8 Å². The summed E-state index contributed by atoms with van der Waals surface area (Å²) >= 11 is 0. The molecule has 1 fully saturated rings. The van der Waals surface area contributed by atoms with Crippen molar-refractivity contribution in [2.75, 3.05) is 0 Å². The first kappa shape index (κ1) is 12.7. The van der Waals surface area contributed by atoms with Gasteiger partial charge in [0.15, 0.2) is 0 Å². The molecule has 1 aliphatic carbocycles. The normalized spacial score (nSPS) is 16.9. The fourth-order valence-electron chi connectivity index (χ4n) is 0.984. The van der Waals surface area contributed by atoms with Gasteiger partial charge in [-0.3, -0.25) is 4.79 Å². The smallest absolute Gasteiger partial charge is 0.437 e. The minimum Gasteiger partial charge on any atom is -0.442 e. The van der Waals surface area contributed by atoms with Crippen molar-refractivity contribution >= 4 is 18.0 Å². The molecule has 0 atom stereocenters. The lowest BCUT2D eigenvalue weighted by Crippen LogP contribution is -2.23. The maximum Gasteiger partial charge on any atom is 0.437 e. The molecule has 0 aliphatic heterocycles. The van der Waals surface area contributed by atoms with Crippen molar-refractivity contribution in [1.29, 1.82) is 0 Å². The molecule has 1 saturated carbocycles. The van der Waals surface area contributed by atoms with Gasteiger partial charge in [0.25, 0.3) is 0 Å². The van der Waals surface area contributed by atoms with Crippen molar-refractivity contribution in [3.8, 4) is 0 Å². The first-order chi connectivity index (χ1) is 7.28. The zero-order chi connectivity index (χ0) is 12.3. The summed E-state index contributed by atoms with van der Waals surface area (Å²) in [5, 5.41) is 0. The highest BCUT2D eigenvalue weighted by Gasteiger charge is 2.32. The van der Waals surface area contributed by atoms with E-state index in [1.54, 1.807) is 20.8 Å². The lowest BCUT2D eigenvalue weighted by molar-refractivity contribution is -0.136. The van der Waals surface area contributed by atoms with E-state index in [0.717, 1.165) is 12.8 Å². The number of hydrogen-bond acceptors (Lipinski definition) is 4. The van der Waals surface area contributed by atoms with Crippen LogP contribution in [0.4, 0.5) is 4.79 Å². The number of hydrogen-bond donors (Lipinski definition) is 0. The molecule has 1 amide bonds. The van der Waals surface area contributed by atoms with Gasteiger partial charge < -0.3 is 9.47 Å². The summed E-state index contributed by atoms with van der Waals surface area (Å²) in [6.45, 7) is 6.69. The molecule has 0 aromatic heterocycles. The van der Waals surface area contributed by atoms with Crippen LogP contribution in [0.5, 0.6) is 0 Å². The molecule has 0 N–H and O–H groups in total. The highest BCUT2D eigenvalue weighted by atomic mass is 16.6. The zero-order valence-electron chi connectivity index (χ0n) is 10.1. The van der Waals surface area contributed by atoms with Gasteiger partial charge in [0, 0.05) is 6.92 Å². The van der Waals surface area contributed by atoms with Crippen LogP contribution in [-0.2, 0) is 14.3 Å². The average molecular weight is 227 g/mol. The number of rotatable bonds is 1. The molecular formula is C11H17NO4. The van der Waals surface area contributed by atoms with Gasteiger partial charge in [-0.15, -0.1) is 4.99 Å². The van der Waals surface area contributed by atoms with E-state index in [2.05, 4.69) is 4.99 Å². The number of amides is 1.